The highest BCUT2D eigenvalue weighted by Crippen LogP contribution is 2.50. The topological polar surface area (TPSA) is 46.6 Å². The van der Waals surface area contributed by atoms with Crippen molar-refractivity contribution < 1.29 is 27.5 Å². The van der Waals surface area contributed by atoms with E-state index in [1.807, 2.05) is 48.5 Å². The Bertz CT molecular complexity index is 2300. The maximum atomic E-state index is 16.6. The summed E-state index contributed by atoms with van der Waals surface area (Å²) in [7, 11) is -2.83. The van der Waals surface area contributed by atoms with Gasteiger partial charge in [-0.1, -0.05) is 87.6 Å². The Kier molecular flexibility index (Phi) is 9.22. The SMILES string of the molecule is CC1CC(C)(C)N(Cc2ccccc2)c2cc3c(cc21)[C+](c1c(F)c(F)c(F)c(F)c1C(=O)[O-])c1cc2c(cc1[Si]3(C)C)N(Cc1ccccc1)C(C)(C)CC2C. The van der Waals surface area contributed by atoms with Gasteiger partial charge in [-0.25, -0.2) is 0 Å². The van der Waals surface area contributed by atoms with Gasteiger partial charge in [0, 0.05) is 35.3 Å². The van der Waals surface area contributed by atoms with Crippen LogP contribution in [0.3, 0.4) is 0 Å². The minimum atomic E-state index is -2.83. The van der Waals surface area contributed by atoms with Gasteiger partial charge < -0.3 is 19.7 Å². The molecule has 3 aliphatic heterocycles. The van der Waals surface area contributed by atoms with E-state index in [-0.39, 0.29) is 28.8 Å². The average molecular weight is 789 g/mol. The molecule has 4 nitrogen and oxygen atoms in total. The van der Waals surface area contributed by atoms with Crippen LogP contribution in [0.5, 0.6) is 0 Å². The largest absolute Gasteiger partial charge is 0.538 e. The molecule has 0 N–H and O–H groups in total. The monoisotopic (exact) mass is 788 g/mol. The highest BCUT2D eigenvalue weighted by atomic mass is 28.3. The fraction of sp³-hybridized carbons (Fsp3) is 0.333. The number of carboxylic acid groups (broad SMARTS) is 1. The summed E-state index contributed by atoms with van der Waals surface area (Å²) in [6.07, 6.45) is 1.57. The first-order chi connectivity index (χ1) is 26.8. The number of carbonyl (C=O) groups is 1. The van der Waals surface area contributed by atoms with Crippen molar-refractivity contribution in [3.05, 3.63) is 159 Å². The zero-order valence-electron chi connectivity index (χ0n) is 33.8. The first kappa shape index (κ1) is 38.8. The molecule has 294 valence electrons. The smallest absolute Gasteiger partial charge is 0.222 e. The lowest BCUT2D eigenvalue weighted by molar-refractivity contribution is -0.255. The molecule has 0 spiro atoms. The normalized spacial score (nSPS) is 20.0. The van der Waals surface area contributed by atoms with Gasteiger partial charge in [-0.05, 0) is 98.1 Å². The van der Waals surface area contributed by atoms with Gasteiger partial charge in [0.1, 0.15) is 11.5 Å². The molecule has 0 bridgehead atoms. The van der Waals surface area contributed by atoms with E-state index in [9.17, 15) is 14.3 Å². The second-order valence-corrected chi connectivity index (χ2v) is 22.5. The van der Waals surface area contributed by atoms with Crippen LogP contribution in [0.2, 0.25) is 13.1 Å². The molecular formula is C48H48F4N2O2Si. The van der Waals surface area contributed by atoms with Crippen molar-refractivity contribution in [2.45, 2.75) is 103 Å². The van der Waals surface area contributed by atoms with E-state index in [4.69, 9.17) is 0 Å². The number of carboxylic acids is 1. The summed E-state index contributed by atoms with van der Waals surface area (Å²) in [5.74, 6) is -9.99. The number of rotatable bonds is 6. The number of carbonyl (C=O) groups excluding carboxylic acids is 1. The molecule has 0 fully saturated rings. The van der Waals surface area contributed by atoms with E-state index >= 15 is 13.2 Å². The summed E-state index contributed by atoms with van der Waals surface area (Å²) in [4.78, 5) is 17.6. The van der Waals surface area contributed by atoms with Crippen LogP contribution in [0, 0.1) is 29.2 Å². The Morgan fingerprint density at radius 1 is 0.684 bits per heavy atom. The molecule has 0 aliphatic carbocycles. The van der Waals surface area contributed by atoms with Crippen molar-refractivity contribution in [3.63, 3.8) is 0 Å². The fourth-order valence-electron chi connectivity index (χ4n) is 10.3. The molecular weight excluding hydrogens is 741 g/mol. The number of hydrogen-bond donors (Lipinski definition) is 0. The Labute approximate surface area is 334 Å². The minimum absolute atomic E-state index is 0.0317. The van der Waals surface area contributed by atoms with E-state index in [0.29, 0.717) is 24.2 Å². The number of aromatic carboxylic acids is 1. The van der Waals surface area contributed by atoms with Gasteiger partial charge in [0.05, 0.1) is 34.0 Å². The van der Waals surface area contributed by atoms with Crippen LogP contribution in [-0.2, 0) is 13.1 Å². The molecule has 0 amide bonds. The molecule has 3 heterocycles. The van der Waals surface area contributed by atoms with E-state index in [0.717, 1.165) is 56.8 Å². The van der Waals surface area contributed by atoms with Crippen LogP contribution in [0.25, 0.3) is 0 Å². The second-order valence-electron chi connectivity index (χ2n) is 18.2. The van der Waals surface area contributed by atoms with E-state index < -0.39 is 48.4 Å². The van der Waals surface area contributed by atoms with Crippen LogP contribution in [-0.4, -0.2) is 25.1 Å². The number of fused-ring (bicyclic) bond motifs is 4. The summed E-state index contributed by atoms with van der Waals surface area (Å²) in [6.45, 7) is 18.9. The van der Waals surface area contributed by atoms with Gasteiger partial charge in [0.25, 0.3) is 0 Å². The Hall–Kier alpha value is -5.02. The van der Waals surface area contributed by atoms with Gasteiger partial charge in [-0.3, -0.25) is 0 Å². The molecule has 2 atom stereocenters. The van der Waals surface area contributed by atoms with Gasteiger partial charge in [-0.15, -0.1) is 0 Å². The molecule has 0 saturated heterocycles. The molecule has 0 saturated carbocycles. The number of halogens is 4. The van der Waals surface area contributed by atoms with Crippen LogP contribution in [0.15, 0.2) is 84.9 Å². The minimum Gasteiger partial charge on any atom is -0.538 e. The lowest BCUT2D eigenvalue weighted by Crippen LogP contribution is -2.61. The third kappa shape index (κ3) is 6.15. The van der Waals surface area contributed by atoms with Crippen LogP contribution in [0.1, 0.15) is 116 Å². The van der Waals surface area contributed by atoms with Gasteiger partial charge in [0.15, 0.2) is 13.9 Å². The van der Waals surface area contributed by atoms with Crippen LogP contribution in [0.4, 0.5) is 28.9 Å². The number of nitrogens with zero attached hydrogens (tertiary/aromatic N) is 2. The van der Waals surface area contributed by atoms with Crippen molar-refractivity contribution in [2.24, 2.45) is 0 Å². The Balaban J connectivity index is 1.45. The third-order valence-corrected chi connectivity index (χ3v) is 16.5. The quantitative estimate of drug-likeness (QED) is 0.0566. The maximum Gasteiger partial charge on any atom is 0.222 e. The van der Waals surface area contributed by atoms with Gasteiger partial charge >= 0.3 is 0 Å². The van der Waals surface area contributed by atoms with Gasteiger partial charge in [0.2, 0.25) is 17.5 Å². The number of anilines is 2. The van der Waals surface area contributed by atoms with Crippen molar-refractivity contribution >= 4 is 35.8 Å². The highest BCUT2D eigenvalue weighted by molar-refractivity contribution is 7.01. The van der Waals surface area contributed by atoms with Crippen molar-refractivity contribution in [1.29, 1.82) is 0 Å². The molecule has 5 aromatic carbocycles. The highest BCUT2D eigenvalue weighted by Gasteiger charge is 2.51. The molecule has 2 unspecified atom stereocenters. The van der Waals surface area contributed by atoms with Crippen LogP contribution >= 0.6 is 0 Å². The zero-order chi connectivity index (χ0) is 40.9. The molecule has 0 aromatic heterocycles. The predicted molar refractivity (Wildman–Crippen MR) is 220 cm³/mol. The molecule has 0 radical (unpaired) electrons. The molecule has 5 aromatic rings. The summed E-state index contributed by atoms with van der Waals surface area (Å²) < 4.78 is 62.7. The molecule has 57 heavy (non-hydrogen) atoms. The first-order valence-corrected chi connectivity index (χ1v) is 22.8. The first-order valence-electron chi connectivity index (χ1n) is 19.8. The van der Waals surface area contributed by atoms with Crippen molar-refractivity contribution in [3.8, 4) is 0 Å². The summed E-state index contributed by atoms with van der Waals surface area (Å²) in [6, 6.07) is 28.8. The fourth-order valence-corrected chi connectivity index (χ4v) is 13.3. The zero-order valence-corrected chi connectivity index (χ0v) is 34.8. The Morgan fingerprint density at radius 2 is 1.09 bits per heavy atom. The molecule has 3 aliphatic rings. The second kappa shape index (κ2) is 13.5. The van der Waals surface area contributed by atoms with Crippen molar-refractivity contribution in [1.82, 2.24) is 0 Å². The maximum absolute atomic E-state index is 16.6. The lowest BCUT2D eigenvalue weighted by Gasteiger charge is -2.49. The van der Waals surface area contributed by atoms with Crippen LogP contribution < -0.4 is 25.3 Å². The van der Waals surface area contributed by atoms with E-state index in [1.54, 1.807) is 0 Å². The number of benzene rings is 5. The summed E-state index contributed by atoms with van der Waals surface area (Å²) in [5.41, 5.74) is 4.61. The third-order valence-electron chi connectivity index (χ3n) is 13.0. The predicted octanol–water partition coefficient (Wildman–Crippen LogP) is 9.35. The van der Waals surface area contributed by atoms with E-state index in [2.05, 4.69) is 101 Å². The number of hydrogen-bond acceptors (Lipinski definition) is 4. The van der Waals surface area contributed by atoms with Gasteiger partial charge in [-0.2, -0.15) is 17.6 Å². The Morgan fingerprint density at radius 3 is 1.49 bits per heavy atom. The molecule has 8 rings (SSSR count). The molecule has 9 heteroatoms. The standard InChI is InChI=1S/C48H48F4N2O2Si/c1-27-23-47(3,4)53(25-29-15-11-9-12-16-29)35-21-37-33(19-31(27)35)39(40-41(46(55)56)43(50)45(52)44(51)42(40)49)34-20-32-28(2)24-48(5,6)54(26-30-17-13-10-14-18-30)36(32)22-38(34)57(37,7)8/h9-22,27-28H,23-26H2,1-8H3. The lowest BCUT2D eigenvalue weighted by atomic mass is 9.74. The summed E-state index contributed by atoms with van der Waals surface area (Å²) in [5, 5.41) is 14.5. The van der Waals surface area contributed by atoms with E-state index in [1.165, 1.54) is 0 Å². The van der Waals surface area contributed by atoms with Crippen molar-refractivity contribution in [2.75, 3.05) is 9.80 Å². The summed E-state index contributed by atoms with van der Waals surface area (Å²) >= 11 is 0. The average Bonchev–Trinajstić information content (AvgIpc) is 3.15.